The number of benzene rings is 1. The number of rotatable bonds is 5. The summed E-state index contributed by atoms with van der Waals surface area (Å²) in [6.45, 7) is 5.27. The van der Waals surface area contributed by atoms with Gasteiger partial charge in [0.15, 0.2) is 0 Å². The predicted molar refractivity (Wildman–Crippen MR) is 81.4 cm³/mol. The molecular weight excluding hydrogens is 304 g/mol. The molecule has 19 heavy (non-hydrogen) atoms. The highest BCUT2D eigenvalue weighted by atomic mass is 79.9. The van der Waals surface area contributed by atoms with Crippen molar-refractivity contribution < 1.29 is 4.79 Å². The zero-order valence-electron chi connectivity index (χ0n) is 11.4. The molecule has 4 heteroatoms. The molecule has 0 spiro atoms. The van der Waals surface area contributed by atoms with Crippen LogP contribution in [0.15, 0.2) is 28.7 Å². The highest BCUT2D eigenvalue weighted by molar-refractivity contribution is 9.10. The van der Waals surface area contributed by atoms with Crippen LogP contribution in [0.4, 0.5) is 0 Å². The maximum absolute atomic E-state index is 12.1. The first kappa shape index (κ1) is 14.5. The van der Waals surface area contributed by atoms with Crippen LogP contribution in [-0.2, 0) is 0 Å². The number of likely N-dealkylation sites (tertiary alicyclic amines) is 1. The molecule has 1 saturated heterocycles. The first-order chi connectivity index (χ1) is 9.20. The van der Waals surface area contributed by atoms with Crippen LogP contribution in [0, 0.1) is 0 Å². The van der Waals surface area contributed by atoms with E-state index < -0.39 is 0 Å². The third kappa shape index (κ3) is 4.05. The van der Waals surface area contributed by atoms with E-state index in [-0.39, 0.29) is 5.91 Å². The molecule has 1 heterocycles. The first-order valence-corrected chi connectivity index (χ1v) is 7.78. The quantitative estimate of drug-likeness (QED) is 0.902. The average molecular weight is 325 g/mol. The molecule has 1 fully saturated rings. The molecule has 0 aromatic heterocycles. The van der Waals surface area contributed by atoms with E-state index in [1.807, 2.05) is 24.3 Å². The molecule has 104 valence electrons. The fourth-order valence-electron chi connectivity index (χ4n) is 2.58. The van der Waals surface area contributed by atoms with Crippen molar-refractivity contribution in [2.45, 2.75) is 32.2 Å². The Morgan fingerprint density at radius 3 is 2.79 bits per heavy atom. The maximum atomic E-state index is 12.1. The second-order valence-corrected chi connectivity index (χ2v) is 5.94. The van der Waals surface area contributed by atoms with Crippen LogP contribution in [0.1, 0.15) is 36.5 Å². The van der Waals surface area contributed by atoms with Gasteiger partial charge in [-0.25, -0.2) is 0 Å². The van der Waals surface area contributed by atoms with Crippen molar-refractivity contribution in [1.29, 1.82) is 0 Å². The van der Waals surface area contributed by atoms with E-state index in [1.54, 1.807) is 0 Å². The van der Waals surface area contributed by atoms with Gasteiger partial charge in [0.1, 0.15) is 0 Å². The molecular formula is C15H21BrN2O. The van der Waals surface area contributed by atoms with Gasteiger partial charge in [-0.05, 0) is 50.6 Å². The van der Waals surface area contributed by atoms with Crippen LogP contribution >= 0.6 is 15.9 Å². The standard InChI is InChI=1S/C15H21BrN2O/c1-2-14(18-8-3-4-9-18)11-17-15(19)12-6-5-7-13(16)10-12/h5-7,10,14H,2-4,8-9,11H2,1H3,(H,17,19)/t14-/m0/s1. The van der Waals surface area contributed by atoms with Gasteiger partial charge in [-0.15, -0.1) is 0 Å². The van der Waals surface area contributed by atoms with Crippen LogP contribution < -0.4 is 5.32 Å². The predicted octanol–water partition coefficient (Wildman–Crippen LogP) is 3.05. The number of carbonyl (C=O) groups excluding carboxylic acids is 1. The molecule has 2 rings (SSSR count). The molecule has 0 saturated carbocycles. The van der Waals surface area contributed by atoms with Crippen LogP contribution in [0.25, 0.3) is 0 Å². The Morgan fingerprint density at radius 1 is 1.42 bits per heavy atom. The normalized spacial score (nSPS) is 17.4. The topological polar surface area (TPSA) is 32.3 Å². The average Bonchev–Trinajstić information content (AvgIpc) is 2.93. The van der Waals surface area contributed by atoms with E-state index >= 15 is 0 Å². The minimum Gasteiger partial charge on any atom is -0.350 e. The summed E-state index contributed by atoms with van der Waals surface area (Å²) in [5, 5.41) is 3.05. The summed E-state index contributed by atoms with van der Waals surface area (Å²) < 4.78 is 0.937. The fraction of sp³-hybridized carbons (Fsp3) is 0.533. The molecule has 1 aliphatic heterocycles. The maximum Gasteiger partial charge on any atom is 0.251 e. The molecule has 1 aliphatic rings. The SMILES string of the molecule is CC[C@@H](CNC(=O)c1cccc(Br)c1)N1CCCC1. The zero-order valence-corrected chi connectivity index (χ0v) is 12.9. The summed E-state index contributed by atoms with van der Waals surface area (Å²) in [5.74, 6) is 0.0129. The molecule has 0 aliphatic carbocycles. The lowest BCUT2D eigenvalue weighted by molar-refractivity contribution is 0.0937. The molecule has 1 N–H and O–H groups in total. The molecule has 3 nitrogen and oxygen atoms in total. The summed E-state index contributed by atoms with van der Waals surface area (Å²) in [6.07, 6.45) is 3.66. The zero-order chi connectivity index (χ0) is 13.7. The lowest BCUT2D eigenvalue weighted by Crippen LogP contribution is -2.42. The van der Waals surface area contributed by atoms with Gasteiger partial charge >= 0.3 is 0 Å². The lowest BCUT2D eigenvalue weighted by atomic mass is 10.1. The molecule has 1 atom stereocenters. The largest absolute Gasteiger partial charge is 0.350 e. The van der Waals surface area contributed by atoms with Gasteiger partial charge in [-0.2, -0.15) is 0 Å². The number of nitrogens with zero attached hydrogens (tertiary/aromatic N) is 1. The summed E-state index contributed by atoms with van der Waals surface area (Å²) in [4.78, 5) is 14.6. The van der Waals surface area contributed by atoms with Gasteiger partial charge in [-0.3, -0.25) is 9.69 Å². The van der Waals surface area contributed by atoms with Gasteiger partial charge in [-0.1, -0.05) is 28.9 Å². The smallest absolute Gasteiger partial charge is 0.251 e. The van der Waals surface area contributed by atoms with Gasteiger partial charge in [0, 0.05) is 22.6 Å². The third-order valence-electron chi connectivity index (χ3n) is 3.71. The van der Waals surface area contributed by atoms with E-state index in [4.69, 9.17) is 0 Å². The van der Waals surface area contributed by atoms with Gasteiger partial charge < -0.3 is 5.32 Å². The van der Waals surface area contributed by atoms with Crippen LogP contribution in [0.5, 0.6) is 0 Å². The van der Waals surface area contributed by atoms with E-state index in [1.165, 1.54) is 25.9 Å². The number of hydrogen-bond donors (Lipinski definition) is 1. The summed E-state index contributed by atoms with van der Waals surface area (Å²) >= 11 is 3.39. The van der Waals surface area contributed by atoms with Crippen molar-refractivity contribution in [3.63, 3.8) is 0 Å². The fourth-order valence-corrected chi connectivity index (χ4v) is 2.98. The van der Waals surface area contributed by atoms with E-state index in [9.17, 15) is 4.79 Å². The Morgan fingerprint density at radius 2 is 2.16 bits per heavy atom. The Bertz CT molecular complexity index is 430. The monoisotopic (exact) mass is 324 g/mol. The van der Waals surface area contributed by atoms with Crippen LogP contribution in [0.2, 0.25) is 0 Å². The van der Waals surface area contributed by atoms with Gasteiger partial charge in [0.05, 0.1) is 0 Å². The molecule has 0 radical (unpaired) electrons. The number of hydrogen-bond acceptors (Lipinski definition) is 2. The van der Waals surface area contributed by atoms with Crippen molar-refractivity contribution in [3.05, 3.63) is 34.3 Å². The second kappa shape index (κ2) is 7.06. The number of nitrogens with one attached hydrogen (secondary N) is 1. The number of amides is 1. The van der Waals surface area contributed by atoms with Crippen molar-refractivity contribution in [1.82, 2.24) is 10.2 Å². The minimum atomic E-state index is 0.0129. The van der Waals surface area contributed by atoms with E-state index in [2.05, 4.69) is 33.1 Å². The highest BCUT2D eigenvalue weighted by Crippen LogP contribution is 2.14. The summed E-state index contributed by atoms with van der Waals surface area (Å²) in [6, 6.07) is 7.98. The van der Waals surface area contributed by atoms with Crippen LogP contribution in [-0.4, -0.2) is 36.5 Å². The van der Waals surface area contributed by atoms with Crippen molar-refractivity contribution in [2.75, 3.05) is 19.6 Å². The summed E-state index contributed by atoms with van der Waals surface area (Å²) in [5.41, 5.74) is 0.714. The molecule has 0 unspecified atom stereocenters. The first-order valence-electron chi connectivity index (χ1n) is 6.98. The Kier molecular flexibility index (Phi) is 5.40. The van der Waals surface area contributed by atoms with Crippen molar-refractivity contribution in [3.8, 4) is 0 Å². The van der Waals surface area contributed by atoms with Gasteiger partial charge in [0.2, 0.25) is 0 Å². The third-order valence-corrected chi connectivity index (χ3v) is 4.21. The minimum absolute atomic E-state index is 0.0129. The van der Waals surface area contributed by atoms with E-state index in [0.717, 1.165) is 17.4 Å². The van der Waals surface area contributed by atoms with E-state index in [0.29, 0.717) is 11.6 Å². The molecule has 1 amide bonds. The summed E-state index contributed by atoms with van der Waals surface area (Å²) in [7, 11) is 0. The van der Waals surface area contributed by atoms with Crippen LogP contribution in [0.3, 0.4) is 0 Å². The van der Waals surface area contributed by atoms with Crippen molar-refractivity contribution >= 4 is 21.8 Å². The molecule has 1 aromatic rings. The molecule has 1 aromatic carbocycles. The molecule has 0 bridgehead atoms. The Balaban J connectivity index is 1.88. The van der Waals surface area contributed by atoms with Gasteiger partial charge in [0.25, 0.3) is 5.91 Å². The highest BCUT2D eigenvalue weighted by Gasteiger charge is 2.20. The Labute approximate surface area is 123 Å². The lowest BCUT2D eigenvalue weighted by Gasteiger charge is -2.26. The van der Waals surface area contributed by atoms with Crippen molar-refractivity contribution in [2.24, 2.45) is 0 Å². The second-order valence-electron chi connectivity index (χ2n) is 5.03. The Hall–Kier alpha value is -0.870. The number of carbonyl (C=O) groups is 1. The number of halogens is 1.